The highest BCUT2D eigenvalue weighted by molar-refractivity contribution is 5.32. The molecule has 1 unspecified atom stereocenters. The second kappa shape index (κ2) is 8.06. The van der Waals surface area contributed by atoms with Gasteiger partial charge in [-0.2, -0.15) is 15.0 Å². The highest BCUT2D eigenvalue weighted by Crippen LogP contribution is 2.17. The molecule has 1 aliphatic rings. The zero-order valence-electron chi connectivity index (χ0n) is 14.3. The maximum absolute atomic E-state index is 5.81. The number of anilines is 2. The number of nitrogens with one attached hydrogen (secondary N) is 1. The third-order valence-corrected chi connectivity index (χ3v) is 4.26. The summed E-state index contributed by atoms with van der Waals surface area (Å²) in [5.74, 6) is 1.68. The topological polar surface area (TPSA) is 80.0 Å². The number of piperidine rings is 1. The molecular formula is C18H26N6. The van der Waals surface area contributed by atoms with Crippen molar-refractivity contribution in [1.29, 1.82) is 0 Å². The molecular weight excluding hydrogens is 300 g/mol. The quantitative estimate of drug-likeness (QED) is 0.849. The molecule has 24 heavy (non-hydrogen) atoms. The molecule has 0 radical (unpaired) electrons. The Labute approximate surface area is 143 Å². The molecule has 2 heterocycles. The predicted octanol–water partition coefficient (Wildman–Crippen LogP) is 2.48. The first-order valence-corrected chi connectivity index (χ1v) is 8.76. The van der Waals surface area contributed by atoms with Gasteiger partial charge in [0.1, 0.15) is 5.82 Å². The maximum atomic E-state index is 5.81. The lowest BCUT2D eigenvalue weighted by molar-refractivity contribution is 0.208. The monoisotopic (exact) mass is 326 g/mol. The van der Waals surface area contributed by atoms with Crippen LogP contribution in [-0.2, 0) is 13.0 Å². The van der Waals surface area contributed by atoms with Crippen molar-refractivity contribution in [2.24, 2.45) is 0 Å². The van der Waals surface area contributed by atoms with Gasteiger partial charge in [-0.3, -0.25) is 4.90 Å². The first kappa shape index (κ1) is 16.6. The minimum absolute atomic E-state index is 0.299. The van der Waals surface area contributed by atoms with E-state index in [0.717, 1.165) is 44.7 Å². The van der Waals surface area contributed by atoms with Gasteiger partial charge < -0.3 is 11.1 Å². The van der Waals surface area contributed by atoms with Gasteiger partial charge in [0.15, 0.2) is 0 Å². The highest BCUT2D eigenvalue weighted by Gasteiger charge is 2.21. The lowest BCUT2D eigenvalue weighted by Gasteiger charge is -2.33. The summed E-state index contributed by atoms with van der Waals surface area (Å²) >= 11 is 0. The number of nitrogen functional groups attached to an aromatic ring is 1. The standard InChI is InChI=1S/C18H26N6/c1-2-7-16-21-17(19)23-18(22-16)20-15-10-6-11-24(13-15)12-14-8-4-3-5-9-14/h3-5,8-9,15H,2,6-7,10-13H2,1H3,(H3,19,20,21,22,23). The van der Waals surface area contributed by atoms with Crippen molar-refractivity contribution in [3.63, 3.8) is 0 Å². The average molecular weight is 326 g/mol. The minimum atomic E-state index is 0.299. The molecule has 1 saturated heterocycles. The molecule has 0 spiro atoms. The van der Waals surface area contributed by atoms with Crippen LogP contribution in [0, 0.1) is 0 Å². The Bertz CT molecular complexity index is 645. The summed E-state index contributed by atoms with van der Waals surface area (Å²) in [6.45, 7) is 5.21. The number of hydrogen-bond donors (Lipinski definition) is 2. The van der Waals surface area contributed by atoms with Gasteiger partial charge in [-0.05, 0) is 31.4 Å². The molecule has 6 nitrogen and oxygen atoms in total. The molecule has 0 saturated carbocycles. The fraction of sp³-hybridized carbons (Fsp3) is 0.500. The van der Waals surface area contributed by atoms with Gasteiger partial charge in [0.2, 0.25) is 11.9 Å². The van der Waals surface area contributed by atoms with Crippen LogP contribution in [-0.4, -0.2) is 39.0 Å². The van der Waals surface area contributed by atoms with Gasteiger partial charge in [-0.15, -0.1) is 0 Å². The van der Waals surface area contributed by atoms with E-state index < -0.39 is 0 Å². The fourth-order valence-electron chi connectivity index (χ4n) is 3.18. The number of nitrogens with zero attached hydrogens (tertiary/aromatic N) is 4. The molecule has 3 rings (SSSR count). The van der Waals surface area contributed by atoms with Crippen molar-refractivity contribution >= 4 is 11.9 Å². The van der Waals surface area contributed by atoms with Gasteiger partial charge in [0.05, 0.1) is 0 Å². The van der Waals surface area contributed by atoms with Crippen molar-refractivity contribution < 1.29 is 0 Å². The molecule has 1 fully saturated rings. The van der Waals surface area contributed by atoms with Gasteiger partial charge in [0, 0.05) is 25.6 Å². The summed E-state index contributed by atoms with van der Waals surface area (Å²) in [6.07, 6.45) is 4.12. The summed E-state index contributed by atoms with van der Waals surface area (Å²) in [4.78, 5) is 15.4. The lowest BCUT2D eigenvalue weighted by Crippen LogP contribution is -2.42. The highest BCUT2D eigenvalue weighted by atomic mass is 15.2. The SMILES string of the molecule is CCCc1nc(N)nc(NC2CCCN(Cc3ccccc3)C2)n1. The fourth-order valence-corrected chi connectivity index (χ4v) is 3.18. The van der Waals surface area contributed by atoms with Crippen LogP contribution in [0.25, 0.3) is 0 Å². The summed E-state index contributed by atoms with van der Waals surface area (Å²) in [5, 5.41) is 3.45. The van der Waals surface area contributed by atoms with Crippen molar-refractivity contribution in [1.82, 2.24) is 19.9 Å². The number of aryl methyl sites for hydroxylation is 1. The molecule has 2 aromatic rings. The van der Waals surface area contributed by atoms with E-state index in [1.807, 2.05) is 0 Å². The van der Waals surface area contributed by atoms with E-state index in [9.17, 15) is 0 Å². The summed E-state index contributed by atoms with van der Waals surface area (Å²) in [7, 11) is 0. The van der Waals surface area contributed by atoms with Crippen molar-refractivity contribution in [2.45, 2.75) is 45.2 Å². The summed E-state index contributed by atoms with van der Waals surface area (Å²) in [6, 6.07) is 11.0. The molecule has 0 aliphatic carbocycles. The zero-order chi connectivity index (χ0) is 16.8. The van der Waals surface area contributed by atoms with Crippen molar-refractivity contribution in [3.8, 4) is 0 Å². The maximum Gasteiger partial charge on any atom is 0.227 e. The van der Waals surface area contributed by atoms with Crippen molar-refractivity contribution in [3.05, 3.63) is 41.7 Å². The van der Waals surface area contributed by atoms with Gasteiger partial charge in [0.25, 0.3) is 0 Å². The Morgan fingerprint density at radius 2 is 2.04 bits per heavy atom. The third-order valence-electron chi connectivity index (χ3n) is 4.26. The van der Waals surface area contributed by atoms with E-state index >= 15 is 0 Å². The second-order valence-electron chi connectivity index (χ2n) is 6.39. The van der Waals surface area contributed by atoms with Crippen LogP contribution in [0.2, 0.25) is 0 Å². The van der Waals surface area contributed by atoms with E-state index in [-0.39, 0.29) is 0 Å². The molecule has 1 aliphatic heterocycles. The van der Waals surface area contributed by atoms with Crippen LogP contribution in [0.15, 0.2) is 30.3 Å². The van der Waals surface area contributed by atoms with E-state index in [4.69, 9.17) is 5.73 Å². The number of benzene rings is 1. The first-order valence-electron chi connectivity index (χ1n) is 8.76. The smallest absolute Gasteiger partial charge is 0.227 e. The van der Waals surface area contributed by atoms with E-state index in [2.05, 4.69) is 62.4 Å². The Kier molecular flexibility index (Phi) is 5.59. The summed E-state index contributed by atoms with van der Waals surface area (Å²) in [5.41, 5.74) is 7.17. The Morgan fingerprint density at radius 3 is 2.83 bits per heavy atom. The van der Waals surface area contributed by atoms with Gasteiger partial charge in [-0.25, -0.2) is 0 Å². The molecule has 0 amide bonds. The van der Waals surface area contributed by atoms with Crippen molar-refractivity contribution in [2.75, 3.05) is 24.1 Å². The largest absolute Gasteiger partial charge is 0.368 e. The molecule has 128 valence electrons. The van der Waals surface area contributed by atoms with Crippen LogP contribution in [0.1, 0.15) is 37.6 Å². The Hall–Kier alpha value is -2.21. The number of rotatable bonds is 6. The Balaban J connectivity index is 1.61. The van der Waals surface area contributed by atoms with Crippen LogP contribution < -0.4 is 11.1 Å². The second-order valence-corrected chi connectivity index (χ2v) is 6.39. The predicted molar refractivity (Wildman–Crippen MR) is 96.6 cm³/mol. The van der Waals surface area contributed by atoms with Crippen LogP contribution in [0.5, 0.6) is 0 Å². The summed E-state index contributed by atoms with van der Waals surface area (Å²) < 4.78 is 0. The third kappa shape index (κ3) is 4.64. The van der Waals surface area contributed by atoms with E-state index in [1.54, 1.807) is 0 Å². The molecule has 6 heteroatoms. The van der Waals surface area contributed by atoms with Crippen LogP contribution in [0.3, 0.4) is 0 Å². The normalized spacial score (nSPS) is 18.5. The molecule has 0 bridgehead atoms. The number of likely N-dealkylation sites (tertiary alicyclic amines) is 1. The molecule has 3 N–H and O–H groups in total. The number of nitrogens with two attached hydrogens (primary N) is 1. The minimum Gasteiger partial charge on any atom is -0.368 e. The number of hydrogen-bond acceptors (Lipinski definition) is 6. The first-order chi connectivity index (χ1) is 11.7. The van der Waals surface area contributed by atoms with E-state index in [1.165, 1.54) is 12.0 Å². The van der Waals surface area contributed by atoms with E-state index in [0.29, 0.717) is 17.9 Å². The molecule has 1 atom stereocenters. The number of aromatic nitrogens is 3. The molecule has 1 aromatic carbocycles. The zero-order valence-corrected chi connectivity index (χ0v) is 14.3. The average Bonchev–Trinajstić information content (AvgIpc) is 2.56. The van der Waals surface area contributed by atoms with Gasteiger partial charge >= 0.3 is 0 Å². The lowest BCUT2D eigenvalue weighted by atomic mass is 10.0. The van der Waals surface area contributed by atoms with Gasteiger partial charge in [-0.1, -0.05) is 37.3 Å². The Morgan fingerprint density at radius 1 is 1.21 bits per heavy atom. The molecule has 1 aromatic heterocycles. The van der Waals surface area contributed by atoms with Crippen LogP contribution in [0.4, 0.5) is 11.9 Å². The van der Waals surface area contributed by atoms with Crippen LogP contribution >= 0.6 is 0 Å².